The zero-order valence-corrected chi connectivity index (χ0v) is 19.6. The van der Waals surface area contributed by atoms with Crippen molar-refractivity contribution in [2.24, 2.45) is 5.92 Å². The van der Waals surface area contributed by atoms with Crippen LogP contribution in [-0.2, 0) is 11.3 Å². The molecule has 1 aliphatic carbocycles. The van der Waals surface area contributed by atoms with Crippen LogP contribution in [0.5, 0.6) is 0 Å². The van der Waals surface area contributed by atoms with E-state index in [0.29, 0.717) is 22.7 Å². The second-order valence-corrected chi connectivity index (χ2v) is 7.46. The number of fused-ring (bicyclic) bond motifs is 1. The van der Waals surface area contributed by atoms with Crippen LogP contribution in [-0.4, -0.2) is 29.3 Å². The van der Waals surface area contributed by atoms with Gasteiger partial charge in [-0.3, -0.25) is 4.68 Å². The molecule has 2 aliphatic rings. The van der Waals surface area contributed by atoms with E-state index in [1.54, 1.807) is 24.1 Å². The normalized spacial score (nSPS) is 17.1. The lowest BCUT2D eigenvalue weighted by molar-refractivity contribution is 0.115. The third-order valence-corrected chi connectivity index (χ3v) is 4.83. The van der Waals surface area contributed by atoms with Gasteiger partial charge in [-0.2, -0.15) is 5.10 Å². The number of rotatable bonds is 4. The van der Waals surface area contributed by atoms with E-state index in [-0.39, 0.29) is 24.5 Å². The van der Waals surface area contributed by atoms with E-state index >= 15 is 0 Å². The number of anilines is 1. The molecule has 180 valence electrons. The molecular formula is C24H31F3N4O2. The summed E-state index contributed by atoms with van der Waals surface area (Å²) in [7, 11) is 1.62. The molecule has 9 heteroatoms. The summed E-state index contributed by atoms with van der Waals surface area (Å²) >= 11 is 0. The quantitative estimate of drug-likeness (QED) is 0.574. The Hall–Kier alpha value is -2.99. The number of nitrogens with zero attached hydrogens (tertiary/aromatic N) is 2. The lowest BCUT2D eigenvalue weighted by atomic mass is 9.99. The third kappa shape index (κ3) is 7.82. The number of benzene rings is 1. The Morgan fingerprint density at radius 2 is 1.91 bits per heavy atom. The van der Waals surface area contributed by atoms with Crippen LogP contribution < -0.4 is 10.6 Å². The molecule has 2 N–H and O–H groups in total. The average Bonchev–Trinajstić information content (AvgIpc) is 3.49. The maximum absolute atomic E-state index is 14.7. The first-order valence-corrected chi connectivity index (χ1v) is 11.0. The molecule has 0 spiro atoms. The van der Waals surface area contributed by atoms with Crippen molar-refractivity contribution >= 4 is 11.7 Å². The van der Waals surface area contributed by atoms with E-state index in [1.165, 1.54) is 6.07 Å². The second-order valence-electron chi connectivity index (χ2n) is 7.46. The molecule has 1 aromatic carbocycles. The van der Waals surface area contributed by atoms with Gasteiger partial charge in [0.2, 0.25) is 6.43 Å². The number of aromatic nitrogens is 2. The molecule has 2 atom stereocenters. The second kappa shape index (κ2) is 12.3. The van der Waals surface area contributed by atoms with Gasteiger partial charge < -0.3 is 15.4 Å². The van der Waals surface area contributed by atoms with Crippen molar-refractivity contribution in [3.05, 3.63) is 47.0 Å². The largest absolute Gasteiger partial charge is 0.375 e. The fourth-order valence-corrected chi connectivity index (χ4v) is 2.99. The first-order valence-electron chi connectivity index (χ1n) is 11.0. The van der Waals surface area contributed by atoms with Gasteiger partial charge >= 0.3 is 6.03 Å². The number of amides is 2. The standard InChI is InChI=1S/C20H21FN4O2.C2H4F2.C2H6/c1-12(27-2)17-7-8-25(24-17)11-14-9-19-15(10-16(14)21)18(22-20(26)23-19)6-5-13-3-4-13;1-2(3)4;1-2/h7-10,12-13,18H,3-4,11H2,1-2H3,(H2,22,23,26);2H,1H3;1-2H3. The van der Waals surface area contributed by atoms with Gasteiger partial charge in [-0.15, -0.1) is 0 Å². The van der Waals surface area contributed by atoms with Crippen molar-refractivity contribution in [3.8, 4) is 11.8 Å². The molecule has 1 aliphatic heterocycles. The molecule has 1 saturated carbocycles. The minimum absolute atomic E-state index is 0.129. The molecule has 1 aromatic heterocycles. The van der Waals surface area contributed by atoms with E-state index in [2.05, 4.69) is 27.6 Å². The number of hydrogen-bond donors (Lipinski definition) is 2. The summed E-state index contributed by atoms with van der Waals surface area (Å²) in [4.78, 5) is 11.9. The number of halogens is 3. The fraction of sp³-hybridized carbons (Fsp3) is 0.500. The Balaban J connectivity index is 0.000000582. The molecule has 1 fully saturated rings. The summed E-state index contributed by atoms with van der Waals surface area (Å²) < 4.78 is 42.3. The van der Waals surface area contributed by atoms with Gasteiger partial charge in [0, 0.05) is 36.0 Å². The molecule has 6 nitrogen and oxygen atoms in total. The van der Waals surface area contributed by atoms with Gasteiger partial charge in [0.25, 0.3) is 0 Å². The maximum Gasteiger partial charge on any atom is 0.320 e. The molecule has 0 saturated heterocycles. The van der Waals surface area contributed by atoms with Crippen LogP contribution in [0.2, 0.25) is 0 Å². The summed E-state index contributed by atoms with van der Waals surface area (Å²) in [6.07, 6.45) is 1.68. The van der Waals surface area contributed by atoms with Crippen LogP contribution >= 0.6 is 0 Å². The lowest BCUT2D eigenvalue weighted by Gasteiger charge is -2.24. The van der Waals surface area contributed by atoms with Crippen LogP contribution in [0.3, 0.4) is 0 Å². The maximum atomic E-state index is 14.7. The molecule has 4 rings (SSSR count). The Kier molecular flexibility index (Phi) is 9.79. The van der Waals surface area contributed by atoms with Gasteiger partial charge in [-0.1, -0.05) is 25.7 Å². The number of methoxy groups -OCH3 is 1. The highest BCUT2D eigenvalue weighted by molar-refractivity contribution is 5.93. The minimum atomic E-state index is -2.17. The predicted octanol–water partition coefficient (Wildman–Crippen LogP) is 5.67. The molecule has 0 bridgehead atoms. The zero-order valence-electron chi connectivity index (χ0n) is 19.6. The number of alkyl halides is 2. The van der Waals surface area contributed by atoms with Gasteiger partial charge in [-0.25, -0.2) is 18.0 Å². The zero-order chi connectivity index (χ0) is 24.5. The first kappa shape index (κ1) is 26.3. The molecule has 2 aromatic rings. The summed E-state index contributed by atoms with van der Waals surface area (Å²) in [5, 5.41) is 9.92. The number of hydrogen-bond acceptors (Lipinski definition) is 3. The SMILES string of the molecule is CC.CC(F)F.COC(C)c1ccn(Cc2cc3c(cc2F)C(C#CC2CC2)NC(=O)N3)n1. The van der Waals surface area contributed by atoms with Gasteiger partial charge in [0.1, 0.15) is 11.9 Å². The molecule has 2 amide bonds. The molecule has 2 unspecified atom stereocenters. The van der Waals surface area contributed by atoms with Gasteiger partial charge in [0.05, 0.1) is 18.3 Å². The van der Waals surface area contributed by atoms with Crippen LogP contribution in [0.25, 0.3) is 0 Å². The Bertz CT molecular complexity index is 991. The van der Waals surface area contributed by atoms with E-state index < -0.39 is 12.5 Å². The van der Waals surface area contributed by atoms with Crippen LogP contribution in [0.15, 0.2) is 24.4 Å². The van der Waals surface area contributed by atoms with Crippen molar-refractivity contribution in [2.45, 2.75) is 65.7 Å². The van der Waals surface area contributed by atoms with E-state index in [1.807, 2.05) is 26.8 Å². The monoisotopic (exact) mass is 464 g/mol. The average molecular weight is 465 g/mol. The van der Waals surface area contributed by atoms with Crippen molar-refractivity contribution < 1.29 is 22.7 Å². The van der Waals surface area contributed by atoms with Crippen molar-refractivity contribution in [1.29, 1.82) is 0 Å². The van der Waals surface area contributed by atoms with E-state index in [0.717, 1.165) is 25.5 Å². The Morgan fingerprint density at radius 1 is 1.24 bits per heavy atom. The van der Waals surface area contributed by atoms with Gasteiger partial charge in [-0.05, 0) is 44.9 Å². The van der Waals surface area contributed by atoms with Crippen molar-refractivity contribution in [3.63, 3.8) is 0 Å². The highest BCUT2D eigenvalue weighted by Crippen LogP contribution is 2.32. The topological polar surface area (TPSA) is 68.2 Å². The number of urea groups is 1. The van der Waals surface area contributed by atoms with Crippen molar-refractivity contribution in [1.82, 2.24) is 15.1 Å². The Labute approximate surface area is 192 Å². The fourth-order valence-electron chi connectivity index (χ4n) is 2.99. The highest BCUT2D eigenvalue weighted by atomic mass is 19.3. The van der Waals surface area contributed by atoms with Crippen LogP contribution in [0.1, 0.15) is 69.5 Å². The summed E-state index contributed by atoms with van der Waals surface area (Å²) in [6, 6.07) is 4.14. The predicted molar refractivity (Wildman–Crippen MR) is 122 cm³/mol. The van der Waals surface area contributed by atoms with Crippen LogP contribution in [0.4, 0.5) is 23.7 Å². The molecule has 33 heavy (non-hydrogen) atoms. The van der Waals surface area contributed by atoms with Gasteiger partial charge in [0.15, 0.2) is 0 Å². The lowest BCUT2D eigenvalue weighted by Crippen LogP contribution is -2.37. The number of carbonyl (C=O) groups is 1. The first-order chi connectivity index (χ1) is 15.8. The minimum Gasteiger partial charge on any atom is -0.375 e. The van der Waals surface area contributed by atoms with E-state index in [9.17, 15) is 18.0 Å². The molecule has 0 radical (unpaired) electrons. The number of ether oxygens (including phenoxy) is 1. The van der Waals surface area contributed by atoms with E-state index in [4.69, 9.17) is 4.74 Å². The summed E-state index contributed by atoms with van der Waals surface area (Å²) in [5.41, 5.74) is 2.47. The number of carbonyl (C=O) groups excluding carboxylic acids is 1. The third-order valence-electron chi connectivity index (χ3n) is 4.83. The summed E-state index contributed by atoms with van der Waals surface area (Å²) in [6.45, 7) is 6.99. The summed E-state index contributed by atoms with van der Waals surface area (Å²) in [5.74, 6) is 6.27. The molecular weight excluding hydrogens is 433 g/mol. The van der Waals surface area contributed by atoms with Crippen LogP contribution in [0, 0.1) is 23.6 Å². The van der Waals surface area contributed by atoms with Crippen molar-refractivity contribution in [2.75, 3.05) is 12.4 Å². The number of nitrogens with one attached hydrogen (secondary N) is 2. The highest BCUT2D eigenvalue weighted by Gasteiger charge is 2.26. The molecule has 2 heterocycles. The Morgan fingerprint density at radius 3 is 2.52 bits per heavy atom. The smallest absolute Gasteiger partial charge is 0.320 e.